The second kappa shape index (κ2) is 6.84. The van der Waals surface area contributed by atoms with Gasteiger partial charge in [-0.15, -0.1) is 0 Å². The van der Waals surface area contributed by atoms with Crippen molar-refractivity contribution < 1.29 is 13.2 Å². The predicted octanol–water partition coefficient (Wildman–Crippen LogP) is 4.17. The van der Waals surface area contributed by atoms with E-state index in [0.29, 0.717) is 22.1 Å². The number of halogens is 1. The van der Waals surface area contributed by atoms with E-state index in [9.17, 15) is 13.2 Å². The Bertz CT molecular complexity index is 1060. The minimum absolute atomic E-state index is 0.0728. The van der Waals surface area contributed by atoms with Crippen molar-refractivity contribution in [3.05, 3.63) is 46.1 Å². The third-order valence-electron chi connectivity index (χ3n) is 5.94. The van der Waals surface area contributed by atoms with Gasteiger partial charge in [0.1, 0.15) is 5.82 Å². The molecule has 0 bridgehead atoms. The molecule has 1 fully saturated rings. The maximum absolute atomic E-state index is 13.6. The molecule has 156 valence electrons. The van der Waals surface area contributed by atoms with Crippen LogP contribution in [0.5, 0.6) is 0 Å². The van der Waals surface area contributed by atoms with Gasteiger partial charge >= 0.3 is 0 Å². The van der Waals surface area contributed by atoms with Gasteiger partial charge in [-0.05, 0) is 51.3 Å². The van der Waals surface area contributed by atoms with Gasteiger partial charge in [-0.2, -0.15) is 5.10 Å². The lowest BCUT2D eigenvalue weighted by Gasteiger charge is -2.30. The molecule has 0 atom stereocenters. The van der Waals surface area contributed by atoms with Crippen molar-refractivity contribution in [2.24, 2.45) is 0 Å². The molecule has 0 radical (unpaired) electrons. The van der Waals surface area contributed by atoms with Crippen LogP contribution in [0, 0.1) is 0 Å². The summed E-state index contributed by atoms with van der Waals surface area (Å²) in [5, 5.41) is 8.28. The molecule has 1 amide bonds. The highest BCUT2D eigenvalue weighted by molar-refractivity contribution is 7.90. The van der Waals surface area contributed by atoms with E-state index in [-0.39, 0.29) is 23.0 Å². The number of nitrogens with one attached hydrogen (secondary N) is 1. The van der Waals surface area contributed by atoms with Gasteiger partial charge in [-0.3, -0.25) is 4.79 Å². The average molecular weight is 436 g/mol. The molecule has 1 aromatic carbocycles. The van der Waals surface area contributed by atoms with E-state index in [2.05, 4.69) is 10.4 Å². The highest BCUT2D eigenvalue weighted by Gasteiger charge is 2.44. The molecular formula is C21H26ClN3O3S. The standard InChI is InChI=1S/C21H26ClN3O3S/c1-20(2,3)25-18(16-12-29(27,28)13-17(16)24-25)23-19(26)21(10-4-5-11-21)14-6-8-15(22)9-7-14/h6-9H,4-5,10-13H2,1-3H3,(H,23,26). The van der Waals surface area contributed by atoms with Gasteiger partial charge in [-0.25, -0.2) is 13.1 Å². The van der Waals surface area contributed by atoms with Crippen molar-refractivity contribution in [3.8, 4) is 0 Å². The maximum atomic E-state index is 13.6. The second-order valence-electron chi connectivity index (χ2n) is 9.14. The molecule has 1 aliphatic carbocycles. The molecule has 0 saturated heterocycles. The van der Waals surface area contributed by atoms with Gasteiger partial charge in [0.15, 0.2) is 9.84 Å². The van der Waals surface area contributed by atoms with Crippen LogP contribution < -0.4 is 5.32 Å². The van der Waals surface area contributed by atoms with Crippen molar-refractivity contribution in [2.75, 3.05) is 5.32 Å². The SMILES string of the molecule is CC(C)(C)n1nc2c(c1NC(=O)C1(c3ccc(Cl)cc3)CCCC1)CS(=O)(=O)C2. The van der Waals surface area contributed by atoms with Crippen LogP contribution in [0.3, 0.4) is 0 Å². The third-order valence-corrected chi connectivity index (χ3v) is 7.64. The number of anilines is 1. The van der Waals surface area contributed by atoms with E-state index in [0.717, 1.165) is 31.2 Å². The molecule has 4 rings (SSSR count). The lowest BCUT2D eigenvalue weighted by molar-refractivity contribution is -0.121. The first-order valence-corrected chi connectivity index (χ1v) is 12.1. The maximum Gasteiger partial charge on any atom is 0.236 e. The number of benzene rings is 1. The summed E-state index contributed by atoms with van der Waals surface area (Å²) in [5.74, 6) is 0.257. The molecule has 0 unspecified atom stereocenters. The summed E-state index contributed by atoms with van der Waals surface area (Å²) in [5.41, 5.74) is 1.09. The van der Waals surface area contributed by atoms with E-state index >= 15 is 0 Å². The number of rotatable bonds is 3. The summed E-state index contributed by atoms with van der Waals surface area (Å²) in [6.45, 7) is 5.97. The van der Waals surface area contributed by atoms with Gasteiger partial charge in [0.05, 0.1) is 28.2 Å². The number of aromatic nitrogens is 2. The fourth-order valence-corrected chi connectivity index (χ4v) is 6.10. The van der Waals surface area contributed by atoms with E-state index in [4.69, 9.17) is 11.6 Å². The Morgan fingerprint density at radius 1 is 1.14 bits per heavy atom. The monoisotopic (exact) mass is 435 g/mol. The number of hydrogen-bond acceptors (Lipinski definition) is 4. The Balaban J connectivity index is 1.75. The Morgan fingerprint density at radius 3 is 2.34 bits per heavy atom. The molecule has 1 aliphatic heterocycles. The van der Waals surface area contributed by atoms with Gasteiger partial charge < -0.3 is 5.32 Å². The van der Waals surface area contributed by atoms with Crippen LogP contribution in [0.1, 0.15) is 63.3 Å². The van der Waals surface area contributed by atoms with E-state index in [1.54, 1.807) is 4.68 Å². The number of fused-ring (bicyclic) bond motifs is 1. The highest BCUT2D eigenvalue weighted by Crippen LogP contribution is 2.43. The van der Waals surface area contributed by atoms with E-state index < -0.39 is 15.3 Å². The lowest BCUT2D eigenvalue weighted by Crippen LogP contribution is -2.39. The molecule has 2 aromatic rings. The van der Waals surface area contributed by atoms with Crippen LogP contribution in [0.15, 0.2) is 24.3 Å². The molecular weight excluding hydrogens is 410 g/mol. The molecule has 1 N–H and O–H groups in total. The smallest absolute Gasteiger partial charge is 0.236 e. The summed E-state index contributed by atoms with van der Waals surface area (Å²) in [6, 6.07) is 7.47. The largest absolute Gasteiger partial charge is 0.310 e. The topological polar surface area (TPSA) is 81.1 Å². The number of hydrogen-bond donors (Lipinski definition) is 1. The van der Waals surface area contributed by atoms with Crippen LogP contribution in [-0.4, -0.2) is 24.1 Å². The van der Waals surface area contributed by atoms with Crippen LogP contribution in [0.25, 0.3) is 0 Å². The van der Waals surface area contributed by atoms with Crippen molar-refractivity contribution in [1.29, 1.82) is 0 Å². The minimum Gasteiger partial charge on any atom is -0.310 e. The fraction of sp³-hybridized carbons (Fsp3) is 0.524. The Labute approximate surface area is 176 Å². The zero-order valence-corrected chi connectivity index (χ0v) is 18.5. The minimum atomic E-state index is -3.22. The van der Waals surface area contributed by atoms with Crippen molar-refractivity contribution in [2.45, 2.75) is 68.9 Å². The van der Waals surface area contributed by atoms with Crippen molar-refractivity contribution >= 4 is 33.2 Å². The highest BCUT2D eigenvalue weighted by atomic mass is 35.5. The average Bonchev–Trinajstić information content (AvgIpc) is 3.29. The van der Waals surface area contributed by atoms with E-state index in [1.165, 1.54) is 0 Å². The molecule has 2 heterocycles. The van der Waals surface area contributed by atoms with E-state index in [1.807, 2.05) is 45.0 Å². The quantitative estimate of drug-likeness (QED) is 0.784. The first-order valence-electron chi connectivity index (χ1n) is 9.91. The van der Waals surface area contributed by atoms with Crippen LogP contribution in [0.2, 0.25) is 5.02 Å². The summed E-state index contributed by atoms with van der Waals surface area (Å²) in [7, 11) is -3.22. The molecule has 29 heavy (non-hydrogen) atoms. The Morgan fingerprint density at radius 2 is 1.76 bits per heavy atom. The van der Waals surface area contributed by atoms with Gasteiger partial charge in [0, 0.05) is 10.6 Å². The Hall–Kier alpha value is -1.86. The molecule has 8 heteroatoms. The predicted molar refractivity (Wildman–Crippen MR) is 114 cm³/mol. The summed E-state index contributed by atoms with van der Waals surface area (Å²) < 4.78 is 26.1. The fourth-order valence-electron chi connectivity index (χ4n) is 4.48. The third kappa shape index (κ3) is 3.59. The van der Waals surface area contributed by atoms with Gasteiger partial charge in [0.25, 0.3) is 0 Å². The van der Waals surface area contributed by atoms with Crippen LogP contribution >= 0.6 is 11.6 Å². The summed E-state index contributed by atoms with van der Waals surface area (Å²) >= 11 is 6.05. The summed E-state index contributed by atoms with van der Waals surface area (Å²) in [4.78, 5) is 13.6. The molecule has 1 aromatic heterocycles. The Kier molecular flexibility index (Phi) is 4.82. The first-order chi connectivity index (χ1) is 13.5. The van der Waals surface area contributed by atoms with Gasteiger partial charge in [0.2, 0.25) is 5.91 Å². The van der Waals surface area contributed by atoms with Crippen LogP contribution in [0.4, 0.5) is 5.82 Å². The normalized spacial score (nSPS) is 19.9. The summed E-state index contributed by atoms with van der Waals surface area (Å²) in [6.07, 6.45) is 3.46. The number of nitrogens with zero attached hydrogens (tertiary/aromatic N) is 2. The number of amides is 1. The first kappa shape index (κ1) is 20.4. The zero-order valence-electron chi connectivity index (χ0n) is 17.0. The molecule has 0 spiro atoms. The second-order valence-corrected chi connectivity index (χ2v) is 11.6. The molecule has 2 aliphatic rings. The number of sulfone groups is 1. The van der Waals surface area contributed by atoms with Gasteiger partial charge in [-0.1, -0.05) is 36.6 Å². The molecule has 6 nitrogen and oxygen atoms in total. The number of carbonyl (C=O) groups is 1. The van der Waals surface area contributed by atoms with Crippen LogP contribution in [-0.2, 0) is 37.1 Å². The lowest BCUT2D eigenvalue weighted by atomic mass is 9.78. The van der Waals surface area contributed by atoms with Crippen molar-refractivity contribution in [3.63, 3.8) is 0 Å². The number of carbonyl (C=O) groups excluding carboxylic acids is 1. The molecule has 1 saturated carbocycles. The zero-order chi connectivity index (χ0) is 21.0. The van der Waals surface area contributed by atoms with Crippen molar-refractivity contribution in [1.82, 2.24) is 9.78 Å².